The monoisotopic (exact) mass is 276 g/mol. The van der Waals surface area contributed by atoms with Crippen LogP contribution >= 0.6 is 21.6 Å². The first-order valence-corrected chi connectivity index (χ1v) is 9.91. The van der Waals surface area contributed by atoms with Gasteiger partial charge in [-0.25, -0.2) is 0 Å². The number of rotatable bonds is 12. The maximum Gasteiger partial charge on any atom is 0.00371 e. The lowest BCUT2D eigenvalue weighted by Crippen LogP contribution is -2.16. The molecule has 0 atom stereocenters. The molecule has 0 aromatic rings. The van der Waals surface area contributed by atoms with Gasteiger partial charge in [0.2, 0.25) is 0 Å². The van der Waals surface area contributed by atoms with Gasteiger partial charge >= 0.3 is 0 Å². The Morgan fingerprint density at radius 1 is 0.706 bits per heavy atom. The molecule has 0 aliphatic rings. The molecule has 0 nitrogen and oxygen atoms in total. The fourth-order valence-corrected chi connectivity index (χ4v) is 4.78. The minimum atomic E-state index is 0.623. The van der Waals surface area contributed by atoms with E-state index in [0.717, 1.165) is 0 Å². The summed E-state index contributed by atoms with van der Waals surface area (Å²) in [5.74, 6) is 2.68. The van der Waals surface area contributed by atoms with Gasteiger partial charge in [-0.2, -0.15) is 0 Å². The average molecular weight is 277 g/mol. The van der Waals surface area contributed by atoms with Crippen LogP contribution in [-0.4, -0.2) is 11.5 Å². The maximum absolute atomic E-state index is 2.49. The van der Waals surface area contributed by atoms with Crippen molar-refractivity contribution in [3.8, 4) is 0 Å². The summed E-state index contributed by atoms with van der Waals surface area (Å²) < 4.78 is 0. The highest BCUT2D eigenvalue weighted by atomic mass is 33.1. The van der Waals surface area contributed by atoms with E-state index in [4.69, 9.17) is 0 Å². The van der Waals surface area contributed by atoms with Crippen LogP contribution in [0.1, 0.15) is 79.1 Å². The molecule has 0 saturated heterocycles. The van der Waals surface area contributed by atoms with Crippen LogP contribution in [0, 0.1) is 5.41 Å². The Hall–Kier alpha value is 0.700. The van der Waals surface area contributed by atoms with Gasteiger partial charge in [-0.1, -0.05) is 68.5 Å². The summed E-state index contributed by atoms with van der Waals surface area (Å²) >= 11 is 0. The summed E-state index contributed by atoms with van der Waals surface area (Å²) in [7, 11) is 4.16. The highest BCUT2D eigenvalue weighted by molar-refractivity contribution is 8.76. The van der Waals surface area contributed by atoms with Crippen molar-refractivity contribution in [2.75, 3.05) is 11.5 Å². The Morgan fingerprint density at radius 3 is 1.71 bits per heavy atom. The van der Waals surface area contributed by atoms with Crippen molar-refractivity contribution in [2.45, 2.75) is 79.1 Å². The molecule has 17 heavy (non-hydrogen) atoms. The molecule has 0 bridgehead atoms. The fraction of sp³-hybridized carbons (Fsp3) is 1.00. The van der Waals surface area contributed by atoms with Crippen LogP contribution in [0.2, 0.25) is 0 Å². The minimum Gasteiger partial charge on any atom is -0.0942 e. The summed E-state index contributed by atoms with van der Waals surface area (Å²) in [5, 5.41) is 0. The Morgan fingerprint density at radius 2 is 1.24 bits per heavy atom. The highest BCUT2D eigenvalue weighted by Gasteiger charge is 2.21. The third kappa shape index (κ3) is 10.3. The number of unbranched alkanes of at least 4 members (excludes halogenated alkanes) is 1. The molecule has 0 unspecified atom stereocenters. The SMILES string of the molecule is CCCCSSCCCC(C)(CCC)CCC. The lowest BCUT2D eigenvalue weighted by Gasteiger charge is -2.29. The zero-order valence-electron chi connectivity index (χ0n) is 12.4. The van der Waals surface area contributed by atoms with Gasteiger partial charge in [-0.05, 0) is 37.5 Å². The molecule has 0 heterocycles. The maximum atomic E-state index is 2.49. The molecule has 0 rings (SSSR count). The molecule has 0 radical (unpaired) electrons. The first-order valence-electron chi connectivity index (χ1n) is 7.43. The van der Waals surface area contributed by atoms with Crippen molar-refractivity contribution in [2.24, 2.45) is 5.41 Å². The number of hydrogen-bond donors (Lipinski definition) is 0. The van der Waals surface area contributed by atoms with Crippen LogP contribution in [0.25, 0.3) is 0 Å². The van der Waals surface area contributed by atoms with E-state index in [2.05, 4.69) is 49.3 Å². The topological polar surface area (TPSA) is 0 Å². The first kappa shape index (κ1) is 17.7. The largest absolute Gasteiger partial charge is 0.0942 e. The molecular weight excluding hydrogens is 244 g/mol. The molecule has 2 heteroatoms. The van der Waals surface area contributed by atoms with Crippen LogP contribution < -0.4 is 0 Å². The second kappa shape index (κ2) is 11.8. The zero-order chi connectivity index (χ0) is 13.0. The van der Waals surface area contributed by atoms with Crippen molar-refractivity contribution in [1.82, 2.24) is 0 Å². The van der Waals surface area contributed by atoms with Crippen molar-refractivity contribution in [1.29, 1.82) is 0 Å². The van der Waals surface area contributed by atoms with Crippen molar-refractivity contribution in [3.63, 3.8) is 0 Å². The normalized spacial score (nSPS) is 12.0. The molecule has 0 aromatic carbocycles. The molecule has 0 aliphatic heterocycles. The van der Waals surface area contributed by atoms with Crippen LogP contribution in [0.4, 0.5) is 0 Å². The lowest BCUT2D eigenvalue weighted by atomic mass is 9.78. The predicted octanol–water partition coefficient (Wildman–Crippen LogP) is 6.55. The zero-order valence-corrected chi connectivity index (χ0v) is 14.0. The molecule has 0 amide bonds. The summed E-state index contributed by atoms with van der Waals surface area (Å²) in [6.45, 7) is 9.41. The quantitative estimate of drug-likeness (QED) is 0.292. The van der Waals surface area contributed by atoms with E-state index in [9.17, 15) is 0 Å². The van der Waals surface area contributed by atoms with Crippen molar-refractivity contribution >= 4 is 21.6 Å². The van der Waals surface area contributed by atoms with Crippen LogP contribution in [0.5, 0.6) is 0 Å². The van der Waals surface area contributed by atoms with Gasteiger partial charge in [0.25, 0.3) is 0 Å². The van der Waals surface area contributed by atoms with Crippen molar-refractivity contribution < 1.29 is 0 Å². The Labute approximate surface area is 117 Å². The van der Waals surface area contributed by atoms with Gasteiger partial charge < -0.3 is 0 Å². The summed E-state index contributed by atoms with van der Waals surface area (Å²) in [4.78, 5) is 0. The molecule has 0 saturated carbocycles. The van der Waals surface area contributed by atoms with Gasteiger partial charge in [0, 0.05) is 11.5 Å². The van der Waals surface area contributed by atoms with E-state index >= 15 is 0 Å². The Kier molecular flexibility index (Phi) is 12.3. The number of hydrogen-bond acceptors (Lipinski definition) is 2. The average Bonchev–Trinajstić information content (AvgIpc) is 2.28. The second-order valence-electron chi connectivity index (χ2n) is 5.41. The summed E-state index contributed by atoms with van der Waals surface area (Å²) in [6, 6.07) is 0. The second-order valence-corrected chi connectivity index (χ2v) is 8.11. The van der Waals surface area contributed by atoms with E-state index in [1.807, 2.05) is 0 Å². The molecule has 104 valence electrons. The predicted molar refractivity (Wildman–Crippen MR) is 87.0 cm³/mol. The third-order valence-corrected chi connectivity index (χ3v) is 5.96. The Balaban J connectivity index is 3.54. The van der Waals surface area contributed by atoms with Gasteiger partial charge in [-0.15, -0.1) is 0 Å². The Bertz CT molecular complexity index is 151. The summed E-state index contributed by atoms with van der Waals surface area (Å²) in [6.07, 6.45) is 11.0. The van der Waals surface area contributed by atoms with Gasteiger partial charge in [0.05, 0.1) is 0 Å². The fourth-order valence-electron chi connectivity index (χ4n) is 2.46. The summed E-state index contributed by atoms with van der Waals surface area (Å²) in [5.41, 5.74) is 0.623. The van der Waals surface area contributed by atoms with E-state index in [-0.39, 0.29) is 0 Å². The molecular formula is C15H32S2. The van der Waals surface area contributed by atoms with Crippen LogP contribution in [0.15, 0.2) is 0 Å². The van der Waals surface area contributed by atoms with Gasteiger partial charge in [0.1, 0.15) is 0 Å². The van der Waals surface area contributed by atoms with Crippen LogP contribution in [0.3, 0.4) is 0 Å². The lowest BCUT2D eigenvalue weighted by molar-refractivity contribution is 0.242. The third-order valence-electron chi connectivity index (χ3n) is 3.38. The molecule has 0 aliphatic carbocycles. The molecule has 0 fully saturated rings. The molecule has 0 aromatic heterocycles. The van der Waals surface area contributed by atoms with E-state index in [1.54, 1.807) is 0 Å². The van der Waals surface area contributed by atoms with E-state index in [1.165, 1.54) is 62.9 Å². The van der Waals surface area contributed by atoms with Gasteiger partial charge in [-0.3, -0.25) is 0 Å². The van der Waals surface area contributed by atoms with Crippen LogP contribution in [-0.2, 0) is 0 Å². The molecule has 0 spiro atoms. The van der Waals surface area contributed by atoms with Crippen molar-refractivity contribution in [3.05, 3.63) is 0 Å². The first-order chi connectivity index (χ1) is 8.18. The highest BCUT2D eigenvalue weighted by Crippen LogP contribution is 2.35. The van der Waals surface area contributed by atoms with E-state index < -0.39 is 0 Å². The van der Waals surface area contributed by atoms with Gasteiger partial charge in [0.15, 0.2) is 0 Å². The smallest absolute Gasteiger partial charge is 0.00371 e. The molecule has 0 N–H and O–H groups in total. The van der Waals surface area contributed by atoms with E-state index in [0.29, 0.717) is 5.41 Å². The standard InChI is InChI=1S/C15H32S2/c1-5-8-13-16-17-14-9-12-15(4,10-6-2)11-7-3/h5-14H2,1-4H3. The minimum absolute atomic E-state index is 0.623.